The van der Waals surface area contributed by atoms with Gasteiger partial charge in [-0.1, -0.05) is 37.5 Å². The lowest BCUT2D eigenvalue weighted by Crippen LogP contribution is -2.18. The van der Waals surface area contributed by atoms with Crippen LogP contribution in [0, 0.1) is 5.92 Å². The normalized spacial score (nSPS) is 22.8. The molecule has 2 aliphatic rings. The molecule has 0 bridgehead atoms. The molecule has 136 valence electrons. The lowest BCUT2D eigenvalue weighted by molar-refractivity contribution is -0.116. The first-order chi connectivity index (χ1) is 12.0. The average molecular weight is 363 g/mol. The van der Waals surface area contributed by atoms with Crippen molar-refractivity contribution in [2.24, 2.45) is 5.92 Å². The fourth-order valence-corrected chi connectivity index (χ4v) is 4.80. The molecule has 1 fully saturated rings. The van der Waals surface area contributed by atoms with Crippen molar-refractivity contribution in [2.45, 2.75) is 51.2 Å². The van der Waals surface area contributed by atoms with E-state index in [4.69, 9.17) is 4.74 Å². The molecule has 1 aromatic carbocycles. The second-order valence-electron chi connectivity index (χ2n) is 6.94. The maximum absolute atomic E-state index is 12.1. The number of rotatable bonds is 6. The first-order valence-electron chi connectivity index (χ1n) is 8.91. The summed E-state index contributed by atoms with van der Waals surface area (Å²) < 4.78 is 28.8. The predicted molar refractivity (Wildman–Crippen MR) is 97.8 cm³/mol. The number of benzene rings is 1. The van der Waals surface area contributed by atoms with Gasteiger partial charge >= 0.3 is 0 Å². The fraction of sp³-hybridized carbons (Fsp3) is 0.526. The molecule has 1 aliphatic carbocycles. The molecule has 3 rings (SSSR count). The topological polar surface area (TPSA) is 72.5 Å². The summed E-state index contributed by atoms with van der Waals surface area (Å²) in [5.41, 5.74) is 1.76. The lowest BCUT2D eigenvalue weighted by atomic mass is 9.98. The third kappa shape index (κ3) is 5.68. The Balaban J connectivity index is 1.49. The largest absolute Gasteiger partial charge is 0.374 e. The molecule has 5 nitrogen and oxygen atoms in total. The molecule has 1 atom stereocenters. The maximum atomic E-state index is 12.1. The zero-order valence-electron chi connectivity index (χ0n) is 14.3. The van der Waals surface area contributed by atoms with Crippen molar-refractivity contribution in [1.82, 2.24) is 0 Å². The van der Waals surface area contributed by atoms with Gasteiger partial charge in [-0.3, -0.25) is 4.79 Å². The van der Waals surface area contributed by atoms with Crippen molar-refractivity contribution in [3.05, 3.63) is 41.3 Å². The van der Waals surface area contributed by atoms with Crippen LogP contribution in [-0.4, -0.2) is 26.2 Å². The van der Waals surface area contributed by atoms with E-state index in [1.165, 1.54) is 24.7 Å². The van der Waals surface area contributed by atoms with E-state index in [-0.39, 0.29) is 24.0 Å². The van der Waals surface area contributed by atoms with Crippen molar-refractivity contribution in [2.75, 3.05) is 11.1 Å². The molecule has 1 aliphatic heterocycles. The summed E-state index contributed by atoms with van der Waals surface area (Å²) in [4.78, 5) is 12.1. The third-order valence-corrected chi connectivity index (χ3v) is 6.17. The summed E-state index contributed by atoms with van der Waals surface area (Å²) in [5.74, 6) is -0.379. The smallest absolute Gasteiger partial charge is 0.224 e. The molecular formula is C19H25NO4S. The van der Waals surface area contributed by atoms with E-state index in [2.05, 4.69) is 5.32 Å². The minimum Gasteiger partial charge on any atom is -0.374 e. The van der Waals surface area contributed by atoms with Gasteiger partial charge in [0.2, 0.25) is 5.91 Å². The van der Waals surface area contributed by atoms with Gasteiger partial charge in [-0.15, -0.1) is 0 Å². The Bertz CT molecular complexity index is 736. The van der Waals surface area contributed by atoms with Gasteiger partial charge in [-0.25, -0.2) is 8.42 Å². The zero-order chi connectivity index (χ0) is 17.7. The van der Waals surface area contributed by atoms with E-state index in [1.807, 2.05) is 24.3 Å². The molecule has 6 heteroatoms. The highest BCUT2D eigenvalue weighted by molar-refractivity contribution is 7.94. The van der Waals surface area contributed by atoms with Gasteiger partial charge in [0.1, 0.15) is 0 Å². The molecule has 25 heavy (non-hydrogen) atoms. The Kier molecular flexibility index (Phi) is 5.91. The van der Waals surface area contributed by atoms with E-state index in [0.717, 1.165) is 24.1 Å². The third-order valence-electron chi connectivity index (χ3n) is 4.70. The second kappa shape index (κ2) is 8.15. The SMILES string of the molecule is O=C(CC1C=CS(=O)(=O)C1)Nc1cccc(COC2CCCCC2)c1. The zero-order valence-corrected chi connectivity index (χ0v) is 15.1. The molecule has 1 amide bonds. The summed E-state index contributed by atoms with van der Waals surface area (Å²) in [7, 11) is -3.12. The standard InChI is InChI=1S/C19H25NO4S/c21-19(12-16-9-10-25(22,23)14-16)20-17-6-4-5-15(11-17)13-24-18-7-2-1-3-8-18/h4-6,9-11,16,18H,1-3,7-8,12-14H2,(H,20,21). The van der Waals surface area contributed by atoms with Gasteiger partial charge in [0, 0.05) is 23.4 Å². The van der Waals surface area contributed by atoms with Crippen LogP contribution in [0.1, 0.15) is 44.1 Å². The molecule has 1 saturated carbocycles. The number of allylic oxidation sites excluding steroid dienone is 1. The number of carbonyl (C=O) groups excluding carboxylic acids is 1. The fourth-order valence-electron chi connectivity index (χ4n) is 3.40. The molecule has 1 unspecified atom stereocenters. The molecule has 0 aromatic heterocycles. The Morgan fingerprint density at radius 2 is 2.00 bits per heavy atom. The highest BCUT2D eigenvalue weighted by atomic mass is 32.2. The quantitative estimate of drug-likeness (QED) is 0.840. The molecule has 1 aromatic rings. The summed E-state index contributed by atoms with van der Waals surface area (Å²) in [5, 5.41) is 4.05. The number of carbonyl (C=O) groups is 1. The molecular weight excluding hydrogens is 338 g/mol. The van der Waals surface area contributed by atoms with Crippen LogP contribution >= 0.6 is 0 Å². The van der Waals surface area contributed by atoms with Gasteiger partial charge in [0.15, 0.2) is 9.84 Å². The number of anilines is 1. The number of sulfone groups is 1. The minimum absolute atomic E-state index is 0.0235. The summed E-state index contributed by atoms with van der Waals surface area (Å²) in [6.07, 6.45) is 8.18. The van der Waals surface area contributed by atoms with Crippen molar-refractivity contribution >= 4 is 21.4 Å². The van der Waals surface area contributed by atoms with Gasteiger partial charge in [-0.2, -0.15) is 0 Å². The number of amides is 1. The summed E-state index contributed by atoms with van der Waals surface area (Å²) in [6, 6.07) is 7.64. The Morgan fingerprint density at radius 3 is 2.72 bits per heavy atom. The predicted octanol–water partition coefficient (Wildman–Crippen LogP) is 3.42. The number of hydrogen-bond acceptors (Lipinski definition) is 4. The highest BCUT2D eigenvalue weighted by Gasteiger charge is 2.23. The summed E-state index contributed by atoms with van der Waals surface area (Å²) >= 11 is 0. The Labute approximate surface area is 149 Å². The van der Waals surface area contributed by atoms with Crippen LogP contribution in [0.5, 0.6) is 0 Å². The van der Waals surface area contributed by atoms with Crippen LogP contribution in [0.4, 0.5) is 5.69 Å². The first-order valence-corrected chi connectivity index (χ1v) is 10.6. The number of nitrogens with one attached hydrogen (secondary N) is 1. The minimum atomic E-state index is -3.12. The second-order valence-corrected chi connectivity index (χ2v) is 8.87. The first kappa shape index (κ1) is 18.1. The van der Waals surface area contributed by atoms with Crippen molar-refractivity contribution in [3.8, 4) is 0 Å². The molecule has 0 spiro atoms. The highest BCUT2D eigenvalue weighted by Crippen LogP contribution is 2.22. The van der Waals surface area contributed by atoms with Crippen LogP contribution in [0.2, 0.25) is 0 Å². The van der Waals surface area contributed by atoms with Crippen LogP contribution in [0.25, 0.3) is 0 Å². The molecule has 1 N–H and O–H groups in total. The van der Waals surface area contributed by atoms with E-state index < -0.39 is 9.84 Å². The maximum Gasteiger partial charge on any atom is 0.224 e. The molecule has 1 heterocycles. The van der Waals surface area contributed by atoms with E-state index in [1.54, 1.807) is 6.08 Å². The molecule has 0 saturated heterocycles. The van der Waals surface area contributed by atoms with E-state index in [9.17, 15) is 13.2 Å². The van der Waals surface area contributed by atoms with Crippen molar-refractivity contribution in [3.63, 3.8) is 0 Å². The van der Waals surface area contributed by atoms with Crippen LogP contribution in [-0.2, 0) is 26.0 Å². The van der Waals surface area contributed by atoms with Crippen LogP contribution in [0.15, 0.2) is 35.7 Å². The summed E-state index contributed by atoms with van der Waals surface area (Å²) in [6.45, 7) is 0.554. The van der Waals surface area contributed by atoms with Crippen molar-refractivity contribution in [1.29, 1.82) is 0 Å². The van der Waals surface area contributed by atoms with E-state index in [0.29, 0.717) is 12.7 Å². The van der Waals surface area contributed by atoms with Crippen LogP contribution in [0.3, 0.4) is 0 Å². The van der Waals surface area contributed by atoms with Crippen molar-refractivity contribution < 1.29 is 17.9 Å². The van der Waals surface area contributed by atoms with Gasteiger partial charge in [0.05, 0.1) is 18.5 Å². The lowest BCUT2D eigenvalue weighted by Gasteiger charge is -2.22. The van der Waals surface area contributed by atoms with Gasteiger partial charge in [-0.05, 0) is 30.5 Å². The van der Waals surface area contributed by atoms with Gasteiger partial charge < -0.3 is 10.1 Å². The number of hydrogen-bond donors (Lipinski definition) is 1. The Hall–Kier alpha value is -1.66. The monoisotopic (exact) mass is 363 g/mol. The van der Waals surface area contributed by atoms with Gasteiger partial charge in [0.25, 0.3) is 0 Å². The Morgan fingerprint density at radius 1 is 1.20 bits per heavy atom. The molecule has 0 radical (unpaired) electrons. The number of ether oxygens (including phenoxy) is 1. The van der Waals surface area contributed by atoms with E-state index >= 15 is 0 Å². The van der Waals surface area contributed by atoms with Crippen LogP contribution < -0.4 is 5.32 Å². The average Bonchev–Trinajstić information content (AvgIpc) is 2.92.